The molecule has 1 aromatic carbocycles. The van der Waals surface area contributed by atoms with Crippen molar-refractivity contribution in [2.24, 2.45) is 0 Å². The average Bonchev–Trinajstić information content (AvgIpc) is 2.35. The Morgan fingerprint density at radius 3 is 2.94 bits per heavy atom. The summed E-state index contributed by atoms with van der Waals surface area (Å²) < 4.78 is 5.20. The van der Waals surface area contributed by atoms with Gasteiger partial charge >= 0.3 is 0 Å². The lowest BCUT2D eigenvalue weighted by Crippen LogP contribution is -2.19. The summed E-state index contributed by atoms with van der Waals surface area (Å²) in [7, 11) is 0. The Bertz CT molecular complexity index is 424. The third kappa shape index (κ3) is 4.83. The third-order valence-corrected chi connectivity index (χ3v) is 2.57. The third-order valence-electron chi connectivity index (χ3n) is 2.22. The molecule has 0 aliphatic rings. The minimum absolute atomic E-state index is 0.00179. The average molecular weight is 271 g/mol. The molecule has 1 rings (SSSR count). The molecule has 0 aromatic heterocycles. The van der Waals surface area contributed by atoms with Crippen LogP contribution in [0.15, 0.2) is 30.9 Å². The lowest BCUT2D eigenvalue weighted by atomic mass is 10.2. The van der Waals surface area contributed by atoms with Crippen molar-refractivity contribution in [1.82, 2.24) is 5.32 Å². The van der Waals surface area contributed by atoms with Crippen molar-refractivity contribution < 1.29 is 9.66 Å². The van der Waals surface area contributed by atoms with E-state index in [9.17, 15) is 10.1 Å². The predicted octanol–water partition coefficient (Wildman–Crippen LogP) is 2.54. The molecule has 0 bridgehead atoms. The van der Waals surface area contributed by atoms with E-state index in [0.29, 0.717) is 31.3 Å². The van der Waals surface area contributed by atoms with E-state index < -0.39 is 4.92 Å². The van der Waals surface area contributed by atoms with Gasteiger partial charge in [-0.05, 0) is 11.6 Å². The normalized spacial score (nSPS) is 10.3. The fourth-order valence-corrected chi connectivity index (χ4v) is 1.57. The molecule has 0 atom stereocenters. The van der Waals surface area contributed by atoms with Crippen LogP contribution < -0.4 is 5.32 Å². The van der Waals surface area contributed by atoms with Crippen LogP contribution in [0.1, 0.15) is 5.56 Å². The highest BCUT2D eigenvalue weighted by Gasteiger charge is 2.08. The minimum Gasteiger partial charge on any atom is -0.376 e. The van der Waals surface area contributed by atoms with Gasteiger partial charge in [-0.25, -0.2) is 0 Å². The van der Waals surface area contributed by atoms with Gasteiger partial charge in [0.15, 0.2) is 0 Å². The Hall–Kier alpha value is -1.43. The summed E-state index contributed by atoms with van der Waals surface area (Å²) in [5, 5.41) is 14.1. The molecule has 0 unspecified atom stereocenters. The molecule has 0 amide bonds. The number of ether oxygens (including phenoxy) is 1. The van der Waals surface area contributed by atoms with Crippen LogP contribution in [0.4, 0.5) is 5.69 Å². The largest absolute Gasteiger partial charge is 0.376 e. The molecule has 0 saturated heterocycles. The second-order valence-corrected chi connectivity index (χ2v) is 3.98. The summed E-state index contributed by atoms with van der Waals surface area (Å²) in [5.41, 5.74) is 0.823. The Morgan fingerprint density at radius 2 is 2.33 bits per heavy atom. The molecule has 0 aliphatic heterocycles. The number of benzene rings is 1. The van der Waals surface area contributed by atoms with Crippen molar-refractivity contribution in [3.05, 3.63) is 51.6 Å². The Balaban J connectivity index is 2.38. The van der Waals surface area contributed by atoms with Crippen molar-refractivity contribution in [1.29, 1.82) is 0 Å². The van der Waals surface area contributed by atoms with Crippen LogP contribution >= 0.6 is 11.6 Å². The lowest BCUT2D eigenvalue weighted by molar-refractivity contribution is -0.384. The molecule has 0 radical (unpaired) electrons. The molecule has 5 nitrogen and oxygen atoms in total. The minimum atomic E-state index is -0.466. The summed E-state index contributed by atoms with van der Waals surface area (Å²) in [4.78, 5) is 10.1. The van der Waals surface area contributed by atoms with Gasteiger partial charge in [0.25, 0.3) is 5.69 Å². The first-order chi connectivity index (χ1) is 8.65. The summed E-state index contributed by atoms with van der Waals surface area (Å²) in [6.07, 6.45) is 1.69. The van der Waals surface area contributed by atoms with E-state index in [2.05, 4.69) is 11.9 Å². The number of rotatable bonds is 8. The topological polar surface area (TPSA) is 64.4 Å². The second kappa shape index (κ2) is 7.81. The first-order valence-corrected chi connectivity index (χ1v) is 5.85. The van der Waals surface area contributed by atoms with Crippen LogP contribution in [0.5, 0.6) is 0 Å². The molecular formula is C12H15ClN2O3. The molecule has 0 aliphatic carbocycles. The SMILES string of the molecule is C=CCOCCNCc1ccc([N+](=O)[O-])cc1Cl. The number of hydrogen-bond donors (Lipinski definition) is 1. The van der Waals surface area contributed by atoms with Crippen molar-refractivity contribution in [3.63, 3.8) is 0 Å². The fraction of sp³-hybridized carbons (Fsp3) is 0.333. The fourth-order valence-electron chi connectivity index (χ4n) is 1.33. The van der Waals surface area contributed by atoms with Crippen LogP contribution in [-0.2, 0) is 11.3 Å². The number of nitro benzene ring substituents is 1. The molecule has 1 aromatic rings. The summed E-state index contributed by atoms with van der Waals surface area (Å²) in [5.74, 6) is 0. The Kier molecular flexibility index (Phi) is 6.35. The number of nitrogens with zero attached hydrogens (tertiary/aromatic N) is 1. The number of halogens is 1. The summed E-state index contributed by atoms with van der Waals surface area (Å²) in [6.45, 7) is 5.88. The molecule has 0 fully saturated rings. The van der Waals surface area contributed by atoms with Gasteiger partial charge in [0.2, 0.25) is 0 Å². The van der Waals surface area contributed by atoms with Crippen LogP contribution in [-0.4, -0.2) is 24.7 Å². The molecule has 0 saturated carbocycles. The summed E-state index contributed by atoms with van der Waals surface area (Å²) >= 11 is 5.95. The van der Waals surface area contributed by atoms with E-state index in [1.807, 2.05) is 0 Å². The van der Waals surface area contributed by atoms with Gasteiger partial charge in [-0.2, -0.15) is 0 Å². The van der Waals surface area contributed by atoms with Gasteiger partial charge < -0.3 is 10.1 Å². The number of nitrogens with one attached hydrogen (secondary N) is 1. The van der Waals surface area contributed by atoms with Crippen LogP contribution in [0.25, 0.3) is 0 Å². The van der Waals surface area contributed by atoms with Gasteiger partial charge in [-0.15, -0.1) is 6.58 Å². The number of non-ortho nitro benzene ring substituents is 1. The van der Waals surface area contributed by atoms with E-state index >= 15 is 0 Å². The van der Waals surface area contributed by atoms with Crippen LogP contribution in [0.3, 0.4) is 0 Å². The maximum Gasteiger partial charge on any atom is 0.270 e. The molecule has 98 valence electrons. The van der Waals surface area contributed by atoms with E-state index in [1.54, 1.807) is 12.1 Å². The molecule has 6 heteroatoms. The molecule has 0 spiro atoms. The van der Waals surface area contributed by atoms with Gasteiger partial charge in [0, 0.05) is 25.2 Å². The van der Waals surface area contributed by atoms with Crippen molar-refractivity contribution in [2.75, 3.05) is 19.8 Å². The zero-order valence-electron chi connectivity index (χ0n) is 9.89. The molecule has 1 N–H and O–H groups in total. The van der Waals surface area contributed by atoms with Gasteiger partial charge in [0.1, 0.15) is 0 Å². The second-order valence-electron chi connectivity index (χ2n) is 3.57. The highest BCUT2D eigenvalue weighted by Crippen LogP contribution is 2.22. The maximum atomic E-state index is 10.5. The smallest absolute Gasteiger partial charge is 0.270 e. The zero-order chi connectivity index (χ0) is 13.4. The maximum absolute atomic E-state index is 10.5. The van der Waals surface area contributed by atoms with E-state index in [0.717, 1.165) is 5.56 Å². The zero-order valence-corrected chi connectivity index (χ0v) is 10.7. The highest BCUT2D eigenvalue weighted by atomic mass is 35.5. The van der Waals surface area contributed by atoms with Gasteiger partial charge in [-0.3, -0.25) is 10.1 Å². The van der Waals surface area contributed by atoms with E-state index in [4.69, 9.17) is 16.3 Å². The van der Waals surface area contributed by atoms with Gasteiger partial charge in [-0.1, -0.05) is 17.7 Å². The van der Waals surface area contributed by atoms with Crippen molar-refractivity contribution in [2.45, 2.75) is 6.54 Å². The van der Waals surface area contributed by atoms with Crippen LogP contribution in [0, 0.1) is 10.1 Å². The number of nitro groups is 1. The first kappa shape index (κ1) is 14.6. The molecule has 0 heterocycles. The monoisotopic (exact) mass is 270 g/mol. The Morgan fingerprint density at radius 1 is 1.56 bits per heavy atom. The number of hydrogen-bond acceptors (Lipinski definition) is 4. The van der Waals surface area contributed by atoms with Gasteiger partial charge in [0.05, 0.1) is 23.2 Å². The van der Waals surface area contributed by atoms with E-state index in [1.165, 1.54) is 12.1 Å². The molecule has 18 heavy (non-hydrogen) atoms. The standard InChI is InChI=1S/C12H15ClN2O3/c1-2-6-18-7-5-14-9-10-3-4-11(15(16)17)8-12(10)13/h2-4,8,14H,1,5-7,9H2. The molecular weight excluding hydrogens is 256 g/mol. The lowest BCUT2D eigenvalue weighted by Gasteiger charge is -2.06. The quantitative estimate of drug-likeness (QED) is 0.341. The summed E-state index contributed by atoms with van der Waals surface area (Å²) in [6, 6.07) is 4.45. The predicted molar refractivity (Wildman–Crippen MR) is 70.8 cm³/mol. The van der Waals surface area contributed by atoms with Crippen LogP contribution in [0.2, 0.25) is 5.02 Å². The highest BCUT2D eigenvalue weighted by molar-refractivity contribution is 6.31. The Labute approximate surface area is 111 Å². The van der Waals surface area contributed by atoms with Crippen molar-refractivity contribution >= 4 is 17.3 Å². The van der Waals surface area contributed by atoms with E-state index in [-0.39, 0.29) is 5.69 Å². The first-order valence-electron chi connectivity index (χ1n) is 5.47. The van der Waals surface area contributed by atoms with Crippen molar-refractivity contribution in [3.8, 4) is 0 Å².